The SMILES string of the molecule is CCNC(C)CCN1CCC(N(C)C)CC1. The average Bonchev–Trinajstić information content (AvgIpc) is 2.27. The summed E-state index contributed by atoms with van der Waals surface area (Å²) in [6.07, 6.45) is 3.95. The van der Waals surface area contributed by atoms with Gasteiger partial charge in [-0.05, 0) is 66.5 Å². The number of nitrogens with one attached hydrogen (secondary N) is 1. The van der Waals surface area contributed by atoms with Gasteiger partial charge in [0.15, 0.2) is 0 Å². The summed E-state index contributed by atoms with van der Waals surface area (Å²) in [4.78, 5) is 4.99. The first-order valence-corrected chi connectivity index (χ1v) is 6.75. The maximum Gasteiger partial charge on any atom is 0.0113 e. The number of rotatable bonds is 6. The Bertz CT molecular complexity index is 174. The van der Waals surface area contributed by atoms with E-state index in [4.69, 9.17) is 0 Å². The molecule has 0 spiro atoms. The fraction of sp³-hybridized carbons (Fsp3) is 1.00. The van der Waals surface area contributed by atoms with E-state index in [2.05, 4.69) is 43.1 Å². The highest BCUT2D eigenvalue weighted by Crippen LogP contribution is 2.14. The molecule has 0 aromatic rings. The van der Waals surface area contributed by atoms with Gasteiger partial charge in [-0.15, -0.1) is 0 Å². The van der Waals surface area contributed by atoms with E-state index in [9.17, 15) is 0 Å². The molecular formula is C13H29N3. The summed E-state index contributed by atoms with van der Waals surface area (Å²) < 4.78 is 0. The Morgan fingerprint density at radius 2 is 1.94 bits per heavy atom. The minimum atomic E-state index is 0.663. The van der Waals surface area contributed by atoms with Crippen molar-refractivity contribution < 1.29 is 0 Å². The number of nitrogens with zero attached hydrogens (tertiary/aromatic N) is 2. The van der Waals surface area contributed by atoms with Crippen molar-refractivity contribution in [3.63, 3.8) is 0 Å². The lowest BCUT2D eigenvalue weighted by molar-refractivity contribution is 0.141. The van der Waals surface area contributed by atoms with Crippen molar-refractivity contribution >= 4 is 0 Å². The van der Waals surface area contributed by atoms with Crippen molar-refractivity contribution in [2.45, 2.75) is 45.2 Å². The van der Waals surface area contributed by atoms with Gasteiger partial charge in [0.25, 0.3) is 0 Å². The molecule has 0 aliphatic carbocycles. The zero-order valence-corrected chi connectivity index (χ0v) is 11.5. The van der Waals surface area contributed by atoms with Crippen LogP contribution in [0.3, 0.4) is 0 Å². The Hall–Kier alpha value is -0.120. The largest absolute Gasteiger partial charge is 0.314 e. The normalized spacial score (nSPS) is 21.6. The highest BCUT2D eigenvalue weighted by atomic mass is 15.2. The topological polar surface area (TPSA) is 18.5 Å². The van der Waals surface area contributed by atoms with E-state index in [0.717, 1.165) is 12.6 Å². The number of likely N-dealkylation sites (tertiary alicyclic amines) is 1. The van der Waals surface area contributed by atoms with Crippen molar-refractivity contribution in [1.29, 1.82) is 0 Å². The Kier molecular flexibility index (Phi) is 6.32. The molecule has 0 radical (unpaired) electrons. The molecule has 1 unspecified atom stereocenters. The van der Waals surface area contributed by atoms with Crippen molar-refractivity contribution in [2.75, 3.05) is 40.3 Å². The van der Waals surface area contributed by atoms with Crippen LogP contribution in [0.5, 0.6) is 0 Å². The molecular weight excluding hydrogens is 198 g/mol. The molecule has 3 nitrogen and oxygen atoms in total. The maximum absolute atomic E-state index is 3.48. The number of hydrogen-bond donors (Lipinski definition) is 1. The molecule has 16 heavy (non-hydrogen) atoms. The van der Waals surface area contributed by atoms with Crippen molar-refractivity contribution in [3.05, 3.63) is 0 Å². The first-order valence-electron chi connectivity index (χ1n) is 6.75. The smallest absolute Gasteiger partial charge is 0.0113 e. The fourth-order valence-corrected chi connectivity index (χ4v) is 2.49. The van der Waals surface area contributed by atoms with Gasteiger partial charge in [-0.2, -0.15) is 0 Å². The van der Waals surface area contributed by atoms with Crippen LogP contribution in [-0.2, 0) is 0 Å². The average molecular weight is 227 g/mol. The molecule has 1 aliphatic rings. The van der Waals surface area contributed by atoms with Gasteiger partial charge in [0.05, 0.1) is 0 Å². The predicted octanol–water partition coefficient (Wildman–Crippen LogP) is 1.40. The van der Waals surface area contributed by atoms with Crippen LogP contribution < -0.4 is 5.32 Å². The van der Waals surface area contributed by atoms with Gasteiger partial charge in [-0.25, -0.2) is 0 Å². The lowest BCUT2D eigenvalue weighted by Gasteiger charge is -2.35. The fourth-order valence-electron chi connectivity index (χ4n) is 2.49. The molecule has 1 aliphatic heterocycles. The molecule has 0 aromatic heterocycles. The van der Waals surface area contributed by atoms with Gasteiger partial charge >= 0.3 is 0 Å². The highest BCUT2D eigenvalue weighted by molar-refractivity contribution is 4.77. The standard InChI is InChI=1S/C13H29N3/c1-5-14-12(2)6-9-16-10-7-13(8-11-16)15(3)4/h12-14H,5-11H2,1-4H3. The zero-order valence-electron chi connectivity index (χ0n) is 11.5. The summed E-state index contributed by atoms with van der Waals surface area (Å²) in [6.45, 7) is 9.37. The third-order valence-electron chi connectivity index (χ3n) is 3.72. The molecule has 3 heteroatoms. The first kappa shape index (κ1) is 13.9. The highest BCUT2D eigenvalue weighted by Gasteiger charge is 2.20. The van der Waals surface area contributed by atoms with E-state index in [1.165, 1.54) is 38.9 Å². The second-order valence-electron chi connectivity index (χ2n) is 5.28. The van der Waals surface area contributed by atoms with Gasteiger partial charge in [-0.3, -0.25) is 0 Å². The van der Waals surface area contributed by atoms with Crippen LogP contribution in [0.4, 0.5) is 0 Å². The van der Waals surface area contributed by atoms with Gasteiger partial charge in [0.1, 0.15) is 0 Å². The summed E-state index contributed by atoms with van der Waals surface area (Å²) in [6, 6.07) is 1.47. The third kappa shape index (κ3) is 4.81. The monoisotopic (exact) mass is 227 g/mol. The van der Waals surface area contributed by atoms with Crippen LogP contribution in [0.25, 0.3) is 0 Å². The Morgan fingerprint density at radius 1 is 1.31 bits per heavy atom. The van der Waals surface area contributed by atoms with E-state index in [1.807, 2.05) is 0 Å². The van der Waals surface area contributed by atoms with Crippen molar-refractivity contribution in [3.8, 4) is 0 Å². The number of hydrogen-bond acceptors (Lipinski definition) is 3. The summed E-state index contributed by atoms with van der Waals surface area (Å²) in [5.41, 5.74) is 0. The molecule has 0 saturated carbocycles. The minimum Gasteiger partial charge on any atom is -0.314 e. The Labute approximate surface area is 101 Å². The van der Waals surface area contributed by atoms with Crippen LogP contribution >= 0.6 is 0 Å². The second kappa shape index (κ2) is 7.25. The van der Waals surface area contributed by atoms with Gasteiger partial charge in [-0.1, -0.05) is 6.92 Å². The van der Waals surface area contributed by atoms with Crippen LogP contribution in [0.2, 0.25) is 0 Å². The predicted molar refractivity (Wildman–Crippen MR) is 70.9 cm³/mol. The molecule has 1 rings (SSSR count). The maximum atomic E-state index is 3.48. The van der Waals surface area contributed by atoms with Gasteiger partial charge in [0, 0.05) is 12.1 Å². The van der Waals surface area contributed by atoms with E-state index in [-0.39, 0.29) is 0 Å². The van der Waals surface area contributed by atoms with Crippen LogP contribution in [-0.4, -0.2) is 62.2 Å². The molecule has 1 heterocycles. The summed E-state index contributed by atoms with van der Waals surface area (Å²) in [5.74, 6) is 0. The van der Waals surface area contributed by atoms with Crippen LogP contribution in [0.15, 0.2) is 0 Å². The van der Waals surface area contributed by atoms with Gasteiger partial charge in [0.2, 0.25) is 0 Å². The van der Waals surface area contributed by atoms with E-state index in [1.54, 1.807) is 0 Å². The van der Waals surface area contributed by atoms with E-state index < -0.39 is 0 Å². The quantitative estimate of drug-likeness (QED) is 0.740. The molecule has 1 N–H and O–H groups in total. The number of piperidine rings is 1. The third-order valence-corrected chi connectivity index (χ3v) is 3.72. The summed E-state index contributed by atoms with van der Waals surface area (Å²) in [5, 5.41) is 3.48. The van der Waals surface area contributed by atoms with Crippen molar-refractivity contribution in [1.82, 2.24) is 15.1 Å². The second-order valence-corrected chi connectivity index (χ2v) is 5.28. The van der Waals surface area contributed by atoms with Gasteiger partial charge < -0.3 is 15.1 Å². The molecule has 96 valence electrons. The minimum absolute atomic E-state index is 0.663. The molecule has 0 amide bonds. The van der Waals surface area contributed by atoms with Crippen LogP contribution in [0.1, 0.15) is 33.1 Å². The van der Waals surface area contributed by atoms with Crippen molar-refractivity contribution in [2.24, 2.45) is 0 Å². The Morgan fingerprint density at radius 3 is 2.44 bits per heavy atom. The summed E-state index contributed by atoms with van der Waals surface area (Å²) >= 11 is 0. The summed E-state index contributed by atoms with van der Waals surface area (Å²) in [7, 11) is 4.40. The zero-order chi connectivity index (χ0) is 12.0. The van der Waals surface area contributed by atoms with E-state index in [0.29, 0.717) is 6.04 Å². The molecule has 1 saturated heterocycles. The van der Waals surface area contributed by atoms with Crippen LogP contribution in [0, 0.1) is 0 Å². The molecule has 0 bridgehead atoms. The molecule has 1 fully saturated rings. The van der Waals surface area contributed by atoms with E-state index >= 15 is 0 Å². The Balaban J connectivity index is 2.12. The lowest BCUT2D eigenvalue weighted by atomic mass is 10.0. The lowest BCUT2D eigenvalue weighted by Crippen LogP contribution is -2.43. The first-order chi connectivity index (χ1) is 7.63. The molecule has 1 atom stereocenters. The molecule has 0 aromatic carbocycles.